The van der Waals surface area contributed by atoms with Gasteiger partial charge in [0.15, 0.2) is 9.84 Å². The molecule has 2 fully saturated rings. The molecule has 0 saturated carbocycles. The summed E-state index contributed by atoms with van der Waals surface area (Å²) in [6, 6.07) is 2.22. The van der Waals surface area contributed by atoms with E-state index < -0.39 is 9.84 Å². The maximum Gasteiger partial charge on any atom is 0.152 e. The highest BCUT2D eigenvalue weighted by Gasteiger charge is 2.23. The Morgan fingerprint density at radius 1 is 0.741 bits per heavy atom. The molecule has 0 spiro atoms. The van der Waals surface area contributed by atoms with Crippen molar-refractivity contribution in [2.45, 2.75) is 77.5 Å². The topological polar surface area (TPSA) is 64.7 Å². The van der Waals surface area contributed by atoms with E-state index in [1.165, 1.54) is 0 Å². The van der Waals surface area contributed by atoms with E-state index >= 15 is 0 Å². The maximum absolute atomic E-state index is 12.5. The van der Waals surface area contributed by atoms with Gasteiger partial charge in [-0.15, -0.1) is 0 Å². The highest BCUT2D eigenvalue weighted by molar-refractivity contribution is 7.91. The van der Waals surface area contributed by atoms with E-state index in [4.69, 9.17) is 0 Å². The molecule has 2 N–H and O–H groups in total. The third-order valence-corrected chi connectivity index (χ3v) is 7.36. The molecule has 2 aliphatic heterocycles. The summed E-state index contributed by atoms with van der Waals surface area (Å²) in [5.41, 5.74) is 0. The molecule has 0 aromatic heterocycles. The van der Waals surface area contributed by atoms with Crippen molar-refractivity contribution in [2.75, 3.05) is 50.8 Å². The lowest BCUT2D eigenvalue weighted by molar-refractivity contribution is 0.200. The van der Waals surface area contributed by atoms with Gasteiger partial charge in [-0.3, -0.25) is 0 Å². The van der Waals surface area contributed by atoms with Crippen LogP contribution in [0.1, 0.15) is 53.4 Å². The van der Waals surface area contributed by atoms with Crippen LogP contribution < -0.4 is 10.6 Å². The Labute approximate surface area is 167 Å². The molecule has 0 aliphatic carbocycles. The first-order valence-corrected chi connectivity index (χ1v) is 12.7. The summed E-state index contributed by atoms with van der Waals surface area (Å²) in [5, 5.41) is 7.18. The highest BCUT2D eigenvalue weighted by atomic mass is 32.2. The number of nitrogens with zero attached hydrogens (tertiary/aromatic N) is 2. The Bertz CT molecular complexity index is 468. The molecule has 0 unspecified atom stereocenters. The van der Waals surface area contributed by atoms with Crippen LogP contribution in [0.5, 0.6) is 0 Å². The zero-order valence-electron chi connectivity index (χ0n) is 17.9. The largest absolute Gasteiger partial charge is 0.312 e. The molecule has 0 atom stereocenters. The van der Waals surface area contributed by atoms with Crippen molar-refractivity contribution in [3.8, 4) is 0 Å². The molecule has 0 bridgehead atoms. The van der Waals surface area contributed by atoms with E-state index in [1.54, 1.807) is 0 Å². The second-order valence-electron chi connectivity index (χ2n) is 9.03. The lowest BCUT2D eigenvalue weighted by atomic mass is 10.0. The van der Waals surface area contributed by atoms with Crippen LogP contribution in [0.15, 0.2) is 0 Å². The van der Waals surface area contributed by atoms with Crippen LogP contribution in [0.25, 0.3) is 0 Å². The number of piperidine rings is 2. The van der Waals surface area contributed by atoms with E-state index in [2.05, 4.69) is 48.1 Å². The number of nitrogens with one attached hydrogen (secondary N) is 2. The van der Waals surface area contributed by atoms with Gasteiger partial charge in [-0.1, -0.05) is 27.7 Å². The molecule has 27 heavy (non-hydrogen) atoms. The number of hydrogen-bond acceptors (Lipinski definition) is 6. The van der Waals surface area contributed by atoms with E-state index in [0.717, 1.165) is 51.9 Å². The van der Waals surface area contributed by atoms with Crippen molar-refractivity contribution in [3.63, 3.8) is 0 Å². The van der Waals surface area contributed by atoms with E-state index in [9.17, 15) is 8.42 Å². The van der Waals surface area contributed by atoms with Gasteiger partial charge in [0.2, 0.25) is 0 Å². The van der Waals surface area contributed by atoms with Crippen LogP contribution in [-0.2, 0) is 9.84 Å². The quantitative estimate of drug-likeness (QED) is 0.575. The SMILES string of the molecule is CC(C)NC1CCN(CCS(=O)(=O)CCN2CCC(NC(C)C)CC2)CC1. The third kappa shape index (κ3) is 9.22. The van der Waals surface area contributed by atoms with Crippen LogP contribution in [0.3, 0.4) is 0 Å². The summed E-state index contributed by atoms with van der Waals surface area (Å²) < 4.78 is 24.9. The van der Waals surface area contributed by atoms with Crippen molar-refractivity contribution >= 4 is 9.84 Å². The van der Waals surface area contributed by atoms with Crippen molar-refractivity contribution in [1.82, 2.24) is 20.4 Å². The minimum absolute atomic E-state index is 0.306. The van der Waals surface area contributed by atoms with Crippen LogP contribution in [0.4, 0.5) is 0 Å². The Kier molecular flexibility index (Phi) is 9.48. The molecule has 160 valence electrons. The minimum Gasteiger partial charge on any atom is -0.312 e. The molecule has 0 aromatic rings. The molecule has 2 heterocycles. The van der Waals surface area contributed by atoms with Gasteiger partial charge < -0.3 is 20.4 Å². The zero-order valence-corrected chi connectivity index (χ0v) is 18.7. The lowest BCUT2D eigenvalue weighted by Crippen LogP contribution is -2.46. The average molecular weight is 403 g/mol. The van der Waals surface area contributed by atoms with Crippen LogP contribution in [-0.4, -0.2) is 93.2 Å². The molecule has 2 aliphatic rings. The van der Waals surface area contributed by atoms with Gasteiger partial charge in [-0.25, -0.2) is 8.42 Å². The summed E-state index contributed by atoms with van der Waals surface area (Å²) in [4.78, 5) is 4.64. The first-order chi connectivity index (χ1) is 12.7. The summed E-state index contributed by atoms with van der Waals surface area (Å²) in [6.45, 7) is 14.2. The minimum atomic E-state index is -2.96. The second-order valence-corrected chi connectivity index (χ2v) is 11.3. The monoisotopic (exact) mass is 402 g/mol. The first-order valence-electron chi connectivity index (χ1n) is 10.9. The Hall–Kier alpha value is -0.210. The maximum atomic E-state index is 12.5. The molecule has 6 nitrogen and oxygen atoms in total. The normalized spacial score (nSPS) is 22.1. The molecule has 0 radical (unpaired) electrons. The number of hydrogen-bond donors (Lipinski definition) is 2. The van der Waals surface area contributed by atoms with Gasteiger partial charge in [0, 0.05) is 37.3 Å². The van der Waals surface area contributed by atoms with E-state index in [1.807, 2.05) is 0 Å². The average Bonchev–Trinajstić information content (AvgIpc) is 2.60. The Morgan fingerprint density at radius 3 is 1.37 bits per heavy atom. The smallest absolute Gasteiger partial charge is 0.152 e. The van der Waals surface area contributed by atoms with Gasteiger partial charge >= 0.3 is 0 Å². The highest BCUT2D eigenvalue weighted by Crippen LogP contribution is 2.13. The molecular formula is C20H42N4O2S. The fraction of sp³-hybridized carbons (Fsp3) is 1.00. The van der Waals surface area contributed by atoms with Gasteiger partial charge in [-0.2, -0.15) is 0 Å². The predicted molar refractivity (Wildman–Crippen MR) is 114 cm³/mol. The Morgan fingerprint density at radius 2 is 1.07 bits per heavy atom. The van der Waals surface area contributed by atoms with Crippen molar-refractivity contribution in [3.05, 3.63) is 0 Å². The summed E-state index contributed by atoms with van der Waals surface area (Å²) in [5.74, 6) is 0.612. The van der Waals surface area contributed by atoms with Gasteiger partial charge in [-0.05, 0) is 51.9 Å². The van der Waals surface area contributed by atoms with E-state index in [-0.39, 0.29) is 0 Å². The van der Waals surface area contributed by atoms with Crippen molar-refractivity contribution in [1.29, 1.82) is 0 Å². The molecule has 2 rings (SSSR count). The lowest BCUT2D eigenvalue weighted by Gasteiger charge is -2.34. The van der Waals surface area contributed by atoms with Crippen LogP contribution in [0.2, 0.25) is 0 Å². The fourth-order valence-electron chi connectivity index (χ4n) is 4.23. The molecular weight excluding hydrogens is 360 g/mol. The van der Waals surface area contributed by atoms with Gasteiger partial charge in [0.1, 0.15) is 0 Å². The van der Waals surface area contributed by atoms with Crippen LogP contribution in [0, 0.1) is 0 Å². The van der Waals surface area contributed by atoms with Crippen molar-refractivity contribution in [2.24, 2.45) is 0 Å². The third-order valence-electron chi connectivity index (χ3n) is 5.75. The number of rotatable bonds is 10. The summed E-state index contributed by atoms with van der Waals surface area (Å²) in [6.07, 6.45) is 4.49. The molecule has 7 heteroatoms. The second kappa shape index (κ2) is 11.1. The Balaban J connectivity index is 1.61. The first kappa shape index (κ1) is 23.1. The van der Waals surface area contributed by atoms with Gasteiger partial charge in [0.05, 0.1) is 11.5 Å². The predicted octanol–water partition coefficient (Wildman–Crippen LogP) is 1.33. The molecule has 0 aromatic carbocycles. The van der Waals surface area contributed by atoms with Crippen molar-refractivity contribution < 1.29 is 8.42 Å². The standard InChI is InChI=1S/C20H42N4O2S/c1-17(2)21-19-5-9-23(10-6-19)13-15-27(25,26)16-14-24-11-7-20(8-12-24)22-18(3)4/h17-22H,5-16H2,1-4H3. The summed E-state index contributed by atoms with van der Waals surface area (Å²) >= 11 is 0. The van der Waals surface area contributed by atoms with Crippen LogP contribution >= 0.6 is 0 Å². The summed E-state index contributed by atoms with van der Waals surface area (Å²) in [7, 11) is -2.96. The van der Waals surface area contributed by atoms with Gasteiger partial charge in [0.25, 0.3) is 0 Å². The molecule has 0 amide bonds. The molecule has 2 saturated heterocycles. The van der Waals surface area contributed by atoms with E-state index in [0.29, 0.717) is 48.8 Å². The number of likely N-dealkylation sites (tertiary alicyclic amines) is 2. The fourth-order valence-corrected chi connectivity index (χ4v) is 5.50. The number of sulfone groups is 1. The zero-order chi connectivity index (χ0) is 19.9.